The van der Waals surface area contributed by atoms with Gasteiger partial charge in [0, 0.05) is 44.5 Å². The molecule has 2 amide bonds. The van der Waals surface area contributed by atoms with Crippen LogP contribution in [0.15, 0.2) is 24.3 Å². The summed E-state index contributed by atoms with van der Waals surface area (Å²) in [4.78, 5) is 30.1. The SMILES string of the molecule is CC(=O)N(CC(=O)N1CCOCC1)c1ccc(N2CCCC2)cc1. The second-order valence-corrected chi connectivity index (χ2v) is 6.31. The lowest BCUT2D eigenvalue weighted by Crippen LogP contribution is -2.46. The fraction of sp³-hybridized carbons (Fsp3) is 0.556. The second-order valence-electron chi connectivity index (χ2n) is 6.31. The second kappa shape index (κ2) is 7.66. The van der Waals surface area contributed by atoms with Crippen LogP contribution < -0.4 is 9.80 Å². The van der Waals surface area contributed by atoms with Gasteiger partial charge in [0.1, 0.15) is 6.54 Å². The number of hydrogen-bond acceptors (Lipinski definition) is 4. The lowest BCUT2D eigenvalue weighted by atomic mass is 10.2. The van der Waals surface area contributed by atoms with Gasteiger partial charge in [-0.3, -0.25) is 9.59 Å². The number of carbonyl (C=O) groups is 2. The molecule has 0 aliphatic carbocycles. The molecule has 24 heavy (non-hydrogen) atoms. The van der Waals surface area contributed by atoms with Crippen LogP contribution in [0.2, 0.25) is 0 Å². The summed E-state index contributed by atoms with van der Waals surface area (Å²) in [6.45, 7) is 6.08. The molecule has 0 bridgehead atoms. The van der Waals surface area contributed by atoms with Gasteiger partial charge < -0.3 is 19.4 Å². The molecule has 0 saturated carbocycles. The molecule has 2 fully saturated rings. The summed E-state index contributed by atoms with van der Waals surface area (Å²) in [7, 11) is 0. The summed E-state index contributed by atoms with van der Waals surface area (Å²) < 4.78 is 5.27. The lowest BCUT2D eigenvalue weighted by molar-refractivity contribution is -0.134. The number of benzene rings is 1. The molecule has 6 heteroatoms. The van der Waals surface area contributed by atoms with Gasteiger partial charge in [-0.2, -0.15) is 0 Å². The summed E-state index contributed by atoms with van der Waals surface area (Å²) in [6, 6.07) is 7.94. The van der Waals surface area contributed by atoms with Crippen molar-refractivity contribution in [2.75, 3.05) is 55.7 Å². The number of hydrogen-bond donors (Lipinski definition) is 0. The van der Waals surface area contributed by atoms with Crippen LogP contribution >= 0.6 is 0 Å². The summed E-state index contributed by atoms with van der Waals surface area (Å²) >= 11 is 0. The average Bonchev–Trinajstić information content (AvgIpc) is 3.15. The molecule has 0 radical (unpaired) electrons. The highest BCUT2D eigenvalue weighted by Gasteiger charge is 2.22. The number of nitrogens with zero attached hydrogens (tertiary/aromatic N) is 3. The summed E-state index contributed by atoms with van der Waals surface area (Å²) in [6.07, 6.45) is 2.46. The van der Waals surface area contributed by atoms with Crippen LogP contribution in [0.25, 0.3) is 0 Å². The van der Waals surface area contributed by atoms with Crippen LogP contribution in [0.1, 0.15) is 19.8 Å². The fourth-order valence-electron chi connectivity index (χ4n) is 3.25. The van der Waals surface area contributed by atoms with E-state index < -0.39 is 0 Å². The van der Waals surface area contributed by atoms with Crippen LogP contribution in [-0.4, -0.2) is 62.7 Å². The maximum atomic E-state index is 12.4. The highest BCUT2D eigenvalue weighted by atomic mass is 16.5. The summed E-state index contributed by atoms with van der Waals surface area (Å²) in [5, 5.41) is 0. The Morgan fingerprint density at radius 1 is 1.04 bits per heavy atom. The minimum absolute atomic E-state index is 0.0304. The Bertz CT molecular complexity index is 576. The van der Waals surface area contributed by atoms with E-state index in [2.05, 4.69) is 4.90 Å². The summed E-state index contributed by atoms with van der Waals surface area (Å²) in [5.74, 6) is -0.150. The van der Waals surface area contributed by atoms with Gasteiger partial charge in [-0.15, -0.1) is 0 Å². The molecule has 0 N–H and O–H groups in total. The Morgan fingerprint density at radius 3 is 2.25 bits per heavy atom. The lowest BCUT2D eigenvalue weighted by Gasteiger charge is -2.30. The standard InChI is InChI=1S/C18H25N3O3/c1-15(22)21(14-18(23)20-10-12-24-13-11-20)17-6-4-16(5-7-17)19-8-2-3-9-19/h4-7H,2-3,8-14H2,1H3. The quantitative estimate of drug-likeness (QED) is 0.839. The van der Waals surface area contributed by atoms with Crippen molar-refractivity contribution in [1.82, 2.24) is 4.90 Å². The van der Waals surface area contributed by atoms with Crippen molar-refractivity contribution in [1.29, 1.82) is 0 Å². The maximum absolute atomic E-state index is 12.4. The number of ether oxygens (including phenoxy) is 1. The number of morpholine rings is 1. The van der Waals surface area contributed by atoms with Crippen LogP contribution in [-0.2, 0) is 14.3 Å². The molecule has 0 unspecified atom stereocenters. The van der Waals surface area contributed by atoms with Crippen molar-refractivity contribution in [2.45, 2.75) is 19.8 Å². The molecule has 1 aromatic rings. The van der Waals surface area contributed by atoms with Crippen LogP contribution in [0.5, 0.6) is 0 Å². The van der Waals surface area contributed by atoms with E-state index in [0.717, 1.165) is 18.8 Å². The average molecular weight is 331 g/mol. The molecule has 3 rings (SSSR count). The Hall–Kier alpha value is -2.08. The van der Waals surface area contributed by atoms with Crippen LogP contribution in [0.4, 0.5) is 11.4 Å². The zero-order chi connectivity index (χ0) is 16.9. The highest BCUT2D eigenvalue weighted by molar-refractivity contribution is 5.97. The molecular weight excluding hydrogens is 306 g/mol. The molecule has 0 aromatic heterocycles. The van der Waals surface area contributed by atoms with Gasteiger partial charge in [0.2, 0.25) is 11.8 Å². The highest BCUT2D eigenvalue weighted by Crippen LogP contribution is 2.24. The van der Waals surface area contributed by atoms with Crippen molar-refractivity contribution < 1.29 is 14.3 Å². The molecular formula is C18H25N3O3. The molecule has 130 valence electrons. The number of anilines is 2. The van der Waals surface area contributed by atoms with Gasteiger partial charge in [-0.25, -0.2) is 0 Å². The molecule has 2 aliphatic heterocycles. The van der Waals surface area contributed by atoms with E-state index in [1.54, 1.807) is 9.80 Å². The largest absolute Gasteiger partial charge is 0.378 e. The zero-order valence-electron chi connectivity index (χ0n) is 14.2. The van der Waals surface area contributed by atoms with E-state index in [4.69, 9.17) is 4.74 Å². The predicted molar refractivity (Wildman–Crippen MR) is 93.3 cm³/mol. The van der Waals surface area contributed by atoms with Gasteiger partial charge >= 0.3 is 0 Å². The maximum Gasteiger partial charge on any atom is 0.242 e. The van der Waals surface area contributed by atoms with Crippen molar-refractivity contribution in [3.05, 3.63) is 24.3 Å². The van der Waals surface area contributed by atoms with Gasteiger partial charge in [0.15, 0.2) is 0 Å². The van der Waals surface area contributed by atoms with Crippen LogP contribution in [0, 0.1) is 0 Å². The van der Waals surface area contributed by atoms with Crippen LogP contribution in [0.3, 0.4) is 0 Å². The van der Waals surface area contributed by atoms with Crippen molar-refractivity contribution in [3.63, 3.8) is 0 Å². The Morgan fingerprint density at radius 2 is 1.67 bits per heavy atom. The fourth-order valence-corrected chi connectivity index (χ4v) is 3.25. The minimum atomic E-state index is -0.120. The first-order valence-corrected chi connectivity index (χ1v) is 8.64. The Labute approximate surface area is 143 Å². The Balaban J connectivity index is 1.68. The number of amides is 2. The first-order chi connectivity index (χ1) is 11.6. The normalized spacial score (nSPS) is 17.9. The smallest absolute Gasteiger partial charge is 0.242 e. The van der Waals surface area contributed by atoms with E-state index in [1.807, 2.05) is 24.3 Å². The minimum Gasteiger partial charge on any atom is -0.378 e. The first-order valence-electron chi connectivity index (χ1n) is 8.64. The van der Waals surface area contributed by atoms with Gasteiger partial charge in [0.25, 0.3) is 0 Å². The molecule has 1 aromatic carbocycles. The van der Waals surface area contributed by atoms with Crippen molar-refractivity contribution in [3.8, 4) is 0 Å². The molecule has 2 aliphatic rings. The molecule has 2 heterocycles. The molecule has 0 atom stereocenters. The summed E-state index contributed by atoms with van der Waals surface area (Å²) in [5.41, 5.74) is 1.95. The first kappa shape index (κ1) is 16.8. The van der Waals surface area contributed by atoms with E-state index >= 15 is 0 Å². The van der Waals surface area contributed by atoms with E-state index in [-0.39, 0.29) is 18.4 Å². The van der Waals surface area contributed by atoms with E-state index in [9.17, 15) is 9.59 Å². The topological polar surface area (TPSA) is 53.1 Å². The van der Waals surface area contributed by atoms with Gasteiger partial charge in [-0.05, 0) is 37.1 Å². The van der Waals surface area contributed by atoms with Gasteiger partial charge in [0.05, 0.1) is 13.2 Å². The zero-order valence-corrected chi connectivity index (χ0v) is 14.2. The van der Waals surface area contributed by atoms with E-state index in [0.29, 0.717) is 26.3 Å². The monoisotopic (exact) mass is 331 g/mol. The predicted octanol–water partition coefficient (Wildman–Crippen LogP) is 1.50. The van der Waals surface area contributed by atoms with Crippen molar-refractivity contribution in [2.24, 2.45) is 0 Å². The number of rotatable bonds is 4. The van der Waals surface area contributed by atoms with Crippen molar-refractivity contribution >= 4 is 23.2 Å². The third kappa shape index (κ3) is 3.87. The van der Waals surface area contributed by atoms with Gasteiger partial charge in [-0.1, -0.05) is 0 Å². The van der Waals surface area contributed by atoms with E-state index in [1.165, 1.54) is 25.5 Å². The number of carbonyl (C=O) groups excluding carboxylic acids is 2. The molecule has 0 spiro atoms. The Kier molecular flexibility index (Phi) is 5.35. The molecule has 2 saturated heterocycles. The molecule has 6 nitrogen and oxygen atoms in total. The third-order valence-electron chi connectivity index (χ3n) is 4.67. The third-order valence-corrected chi connectivity index (χ3v) is 4.67.